The quantitative estimate of drug-likeness (QED) is 0.879. The predicted octanol–water partition coefficient (Wildman–Crippen LogP) is 3.58. The Morgan fingerprint density at radius 2 is 2.39 bits per heavy atom. The molecule has 96 valence electrons. The molecular formula is C15H21N3. The summed E-state index contributed by atoms with van der Waals surface area (Å²) in [4.78, 5) is 3.96. The summed E-state index contributed by atoms with van der Waals surface area (Å²) in [6, 6.07) is 5.79. The van der Waals surface area contributed by atoms with Gasteiger partial charge in [-0.1, -0.05) is 26.2 Å². The van der Waals surface area contributed by atoms with Crippen LogP contribution in [0.2, 0.25) is 0 Å². The minimum Gasteiger partial charge on any atom is -0.385 e. The normalized spacial score (nSPS) is 23.3. The van der Waals surface area contributed by atoms with Gasteiger partial charge in [0.15, 0.2) is 0 Å². The molecule has 1 aliphatic carbocycles. The van der Waals surface area contributed by atoms with E-state index in [1.165, 1.54) is 32.1 Å². The molecule has 0 saturated heterocycles. The van der Waals surface area contributed by atoms with Crippen LogP contribution >= 0.6 is 0 Å². The van der Waals surface area contributed by atoms with Crippen LogP contribution in [0.5, 0.6) is 0 Å². The van der Waals surface area contributed by atoms with Gasteiger partial charge in [-0.3, -0.25) is 0 Å². The summed E-state index contributed by atoms with van der Waals surface area (Å²) in [7, 11) is 0. The maximum absolute atomic E-state index is 8.78. The Labute approximate surface area is 109 Å². The second-order valence-corrected chi connectivity index (χ2v) is 5.39. The molecule has 3 nitrogen and oxygen atoms in total. The second kappa shape index (κ2) is 6.39. The third-order valence-electron chi connectivity index (χ3n) is 3.80. The first-order valence-corrected chi connectivity index (χ1v) is 6.88. The van der Waals surface area contributed by atoms with E-state index in [1.54, 1.807) is 6.20 Å². The summed E-state index contributed by atoms with van der Waals surface area (Å²) in [6.07, 6.45) is 8.46. The van der Waals surface area contributed by atoms with Crippen LogP contribution in [0.1, 0.15) is 44.7 Å². The van der Waals surface area contributed by atoms with Gasteiger partial charge in [-0.25, -0.2) is 4.98 Å². The lowest BCUT2D eigenvalue weighted by Crippen LogP contribution is -2.16. The van der Waals surface area contributed by atoms with Crippen molar-refractivity contribution in [2.45, 2.75) is 39.0 Å². The molecule has 2 atom stereocenters. The number of nitriles is 1. The monoisotopic (exact) mass is 243 g/mol. The Kier molecular flexibility index (Phi) is 4.58. The molecule has 0 radical (unpaired) electrons. The van der Waals surface area contributed by atoms with Gasteiger partial charge in [0.2, 0.25) is 0 Å². The van der Waals surface area contributed by atoms with Gasteiger partial charge in [0.1, 0.15) is 11.8 Å². The van der Waals surface area contributed by atoms with Gasteiger partial charge in [0.25, 0.3) is 0 Å². The van der Waals surface area contributed by atoms with E-state index in [9.17, 15) is 0 Å². The van der Waals surface area contributed by atoms with E-state index in [0.717, 1.165) is 24.1 Å². The molecule has 3 heteroatoms. The number of anilines is 1. The molecule has 0 aliphatic heterocycles. The van der Waals surface area contributed by atoms with Crippen LogP contribution in [-0.2, 0) is 0 Å². The Morgan fingerprint density at radius 1 is 1.50 bits per heavy atom. The molecule has 1 saturated carbocycles. The molecule has 1 N–H and O–H groups in total. The molecule has 1 aromatic heterocycles. The van der Waals surface area contributed by atoms with Crippen molar-refractivity contribution in [3.05, 3.63) is 24.0 Å². The number of hydrogen-bond acceptors (Lipinski definition) is 3. The second-order valence-electron chi connectivity index (χ2n) is 5.39. The van der Waals surface area contributed by atoms with Gasteiger partial charge in [-0.2, -0.15) is 5.26 Å². The van der Waals surface area contributed by atoms with Crippen LogP contribution in [-0.4, -0.2) is 11.5 Å². The SMILES string of the molecule is CC1CCCC(CCNc2ccnc(C#N)c2)C1. The smallest absolute Gasteiger partial charge is 0.142 e. The minimum atomic E-state index is 0.478. The summed E-state index contributed by atoms with van der Waals surface area (Å²) in [5.41, 5.74) is 1.48. The first-order chi connectivity index (χ1) is 8.78. The van der Waals surface area contributed by atoms with Crippen molar-refractivity contribution >= 4 is 5.69 Å². The van der Waals surface area contributed by atoms with Crippen molar-refractivity contribution in [3.63, 3.8) is 0 Å². The van der Waals surface area contributed by atoms with E-state index in [1.807, 2.05) is 12.1 Å². The third-order valence-corrected chi connectivity index (χ3v) is 3.80. The molecule has 2 rings (SSSR count). The van der Waals surface area contributed by atoms with Gasteiger partial charge >= 0.3 is 0 Å². The summed E-state index contributed by atoms with van der Waals surface area (Å²) >= 11 is 0. The lowest BCUT2D eigenvalue weighted by molar-refractivity contribution is 0.274. The first-order valence-electron chi connectivity index (χ1n) is 6.88. The maximum Gasteiger partial charge on any atom is 0.142 e. The Balaban J connectivity index is 1.76. The van der Waals surface area contributed by atoms with Crippen molar-refractivity contribution in [1.29, 1.82) is 5.26 Å². The van der Waals surface area contributed by atoms with Gasteiger partial charge in [0.05, 0.1) is 0 Å². The van der Waals surface area contributed by atoms with Crippen LogP contribution in [0.4, 0.5) is 5.69 Å². The highest BCUT2D eigenvalue weighted by Gasteiger charge is 2.18. The highest BCUT2D eigenvalue weighted by atomic mass is 14.9. The average molecular weight is 243 g/mol. The highest BCUT2D eigenvalue weighted by molar-refractivity contribution is 5.45. The van der Waals surface area contributed by atoms with Crippen LogP contribution in [0, 0.1) is 23.2 Å². The van der Waals surface area contributed by atoms with Gasteiger partial charge < -0.3 is 5.32 Å². The standard InChI is InChI=1S/C15H21N3/c1-12-3-2-4-13(9-12)5-7-17-14-6-8-18-15(10-14)11-16/h6,8,10,12-13H,2-5,7,9H2,1H3,(H,17,18). The van der Waals surface area contributed by atoms with Crippen molar-refractivity contribution in [1.82, 2.24) is 4.98 Å². The van der Waals surface area contributed by atoms with E-state index < -0.39 is 0 Å². The first kappa shape index (κ1) is 12.9. The molecule has 0 aromatic carbocycles. The zero-order valence-corrected chi connectivity index (χ0v) is 11.0. The van der Waals surface area contributed by atoms with E-state index in [-0.39, 0.29) is 0 Å². The summed E-state index contributed by atoms with van der Waals surface area (Å²) < 4.78 is 0. The molecule has 1 aromatic rings. The van der Waals surface area contributed by atoms with Crippen molar-refractivity contribution in [2.75, 3.05) is 11.9 Å². The summed E-state index contributed by atoms with van der Waals surface area (Å²) in [5, 5.41) is 12.2. The molecule has 0 amide bonds. The lowest BCUT2D eigenvalue weighted by Gasteiger charge is -2.26. The fraction of sp³-hybridized carbons (Fsp3) is 0.600. The average Bonchev–Trinajstić information content (AvgIpc) is 2.39. The van der Waals surface area contributed by atoms with Crippen molar-refractivity contribution in [3.8, 4) is 6.07 Å². The topological polar surface area (TPSA) is 48.7 Å². The Hall–Kier alpha value is -1.56. The fourth-order valence-corrected chi connectivity index (χ4v) is 2.84. The molecule has 1 aliphatic rings. The van der Waals surface area contributed by atoms with Crippen LogP contribution in [0.25, 0.3) is 0 Å². The largest absolute Gasteiger partial charge is 0.385 e. The van der Waals surface area contributed by atoms with Crippen molar-refractivity contribution in [2.24, 2.45) is 11.8 Å². The third kappa shape index (κ3) is 3.73. The van der Waals surface area contributed by atoms with Gasteiger partial charge in [0, 0.05) is 18.4 Å². The fourth-order valence-electron chi connectivity index (χ4n) is 2.84. The van der Waals surface area contributed by atoms with Crippen LogP contribution in [0.15, 0.2) is 18.3 Å². The molecular weight excluding hydrogens is 222 g/mol. The Morgan fingerprint density at radius 3 is 3.17 bits per heavy atom. The number of nitrogens with one attached hydrogen (secondary N) is 1. The van der Waals surface area contributed by atoms with Crippen LogP contribution < -0.4 is 5.32 Å². The highest BCUT2D eigenvalue weighted by Crippen LogP contribution is 2.30. The number of nitrogens with zero attached hydrogens (tertiary/aromatic N) is 2. The molecule has 2 unspecified atom stereocenters. The minimum absolute atomic E-state index is 0.478. The zero-order valence-electron chi connectivity index (χ0n) is 11.0. The lowest BCUT2D eigenvalue weighted by atomic mass is 9.81. The molecule has 0 spiro atoms. The maximum atomic E-state index is 8.78. The van der Waals surface area contributed by atoms with E-state index >= 15 is 0 Å². The van der Waals surface area contributed by atoms with Gasteiger partial charge in [-0.15, -0.1) is 0 Å². The van der Waals surface area contributed by atoms with E-state index in [4.69, 9.17) is 5.26 Å². The number of hydrogen-bond donors (Lipinski definition) is 1. The van der Waals surface area contributed by atoms with Crippen LogP contribution in [0.3, 0.4) is 0 Å². The molecule has 1 fully saturated rings. The Bertz CT molecular complexity index is 422. The predicted molar refractivity (Wildman–Crippen MR) is 73.2 cm³/mol. The molecule has 1 heterocycles. The summed E-state index contributed by atoms with van der Waals surface area (Å²) in [5.74, 6) is 1.77. The number of rotatable bonds is 4. The van der Waals surface area contributed by atoms with Crippen molar-refractivity contribution < 1.29 is 0 Å². The zero-order chi connectivity index (χ0) is 12.8. The number of pyridine rings is 1. The summed E-state index contributed by atoms with van der Waals surface area (Å²) in [6.45, 7) is 3.36. The number of aromatic nitrogens is 1. The molecule has 18 heavy (non-hydrogen) atoms. The van der Waals surface area contributed by atoms with E-state index in [2.05, 4.69) is 23.3 Å². The van der Waals surface area contributed by atoms with E-state index in [0.29, 0.717) is 5.69 Å². The molecule has 0 bridgehead atoms. The van der Waals surface area contributed by atoms with Gasteiger partial charge in [-0.05, 0) is 36.8 Å².